The highest BCUT2D eigenvalue weighted by atomic mass is 16.5. The number of ether oxygens (including phenoxy) is 1. The molecule has 0 amide bonds. The van der Waals surface area contributed by atoms with E-state index in [-0.39, 0.29) is 12.7 Å². The van der Waals surface area contributed by atoms with Crippen LogP contribution in [0.3, 0.4) is 0 Å². The number of aliphatic hydroxyl groups is 1. The maximum atomic E-state index is 8.65. The van der Waals surface area contributed by atoms with Gasteiger partial charge in [0.2, 0.25) is 0 Å². The molecule has 0 aliphatic carbocycles. The molecule has 0 saturated carbocycles. The van der Waals surface area contributed by atoms with Crippen molar-refractivity contribution < 1.29 is 9.84 Å². The number of rotatable bonds is 5. The molecule has 3 nitrogen and oxygen atoms in total. The molecule has 0 heterocycles. The van der Waals surface area contributed by atoms with Gasteiger partial charge in [0, 0.05) is 13.0 Å². The second-order valence-electron chi connectivity index (χ2n) is 1.96. The monoisotopic (exact) mass is 143 g/mol. The summed E-state index contributed by atoms with van der Waals surface area (Å²) in [6, 6.07) is 2.00. The summed E-state index contributed by atoms with van der Waals surface area (Å²) < 4.78 is 5.09. The van der Waals surface area contributed by atoms with Crippen molar-refractivity contribution in [2.75, 3.05) is 13.2 Å². The molecule has 1 atom stereocenters. The highest BCUT2D eigenvalue weighted by molar-refractivity contribution is 4.71. The molecule has 3 heteroatoms. The second-order valence-corrected chi connectivity index (χ2v) is 1.96. The van der Waals surface area contributed by atoms with E-state index in [4.69, 9.17) is 15.1 Å². The first-order chi connectivity index (χ1) is 4.85. The average molecular weight is 143 g/mol. The lowest BCUT2D eigenvalue weighted by Crippen LogP contribution is -2.16. The van der Waals surface area contributed by atoms with Gasteiger partial charge in [0.05, 0.1) is 18.8 Å². The fourth-order valence-corrected chi connectivity index (χ4v) is 0.689. The van der Waals surface area contributed by atoms with Gasteiger partial charge in [-0.15, -0.1) is 0 Å². The van der Waals surface area contributed by atoms with Gasteiger partial charge in [0.25, 0.3) is 0 Å². The van der Waals surface area contributed by atoms with E-state index >= 15 is 0 Å². The molecular formula is C7H13NO2. The Bertz CT molecular complexity index is 109. The Balaban J connectivity index is 3.32. The smallest absolute Gasteiger partial charge is 0.0815 e. The number of hydrogen-bond donors (Lipinski definition) is 1. The summed E-state index contributed by atoms with van der Waals surface area (Å²) in [5.74, 6) is 0. The predicted molar refractivity (Wildman–Crippen MR) is 37.3 cm³/mol. The fourth-order valence-electron chi connectivity index (χ4n) is 0.689. The van der Waals surface area contributed by atoms with Crippen molar-refractivity contribution in [3.8, 4) is 6.07 Å². The van der Waals surface area contributed by atoms with Crippen LogP contribution in [-0.2, 0) is 4.74 Å². The summed E-state index contributed by atoms with van der Waals surface area (Å²) in [6.45, 7) is 2.47. The lowest BCUT2D eigenvalue weighted by atomic mass is 10.2. The standard InChI is InChI=1S/C7H13NO2/c1-2-10-7(6-9)4-3-5-8/h7,9H,2-4,6H2,1H3. The summed E-state index contributed by atoms with van der Waals surface area (Å²) in [5.41, 5.74) is 0. The van der Waals surface area contributed by atoms with Crippen LogP contribution in [0.2, 0.25) is 0 Å². The van der Waals surface area contributed by atoms with E-state index in [2.05, 4.69) is 0 Å². The van der Waals surface area contributed by atoms with Gasteiger partial charge in [0.15, 0.2) is 0 Å². The third kappa shape index (κ3) is 4.30. The van der Waals surface area contributed by atoms with Gasteiger partial charge in [-0.25, -0.2) is 0 Å². The molecular weight excluding hydrogens is 130 g/mol. The van der Waals surface area contributed by atoms with Crippen LogP contribution in [-0.4, -0.2) is 24.4 Å². The summed E-state index contributed by atoms with van der Waals surface area (Å²) in [7, 11) is 0. The Hall–Kier alpha value is -0.590. The van der Waals surface area contributed by atoms with Crippen molar-refractivity contribution in [2.24, 2.45) is 0 Å². The van der Waals surface area contributed by atoms with Gasteiger partial charge in [-0.2, -0.15) is 5.26 Å². The Morgan fingerprint density at radius 1 is 1.70 bits per heavy atom. The maximum Gasteiger partial charge on any atom is 0.0815 e. The Kier molecular flexibility index (Phi) is 6.14. The molecule has 0 bridgehead atoms. The van der Waals surface area contributed by atoms with Gasteiger partial charge in [-0.1, -0.05) is 0 Å². The normalized spacial score (nSPS) is 12.5. The van der Waals surface area contributed by atoms with Crippen molar-refractivity contribution in [2.45, 2.75) is 25.9 Å². The molecule has 0 aliphatic heterocycles. The molecule has 0 rings (SSSR count). The van der Waals surface area contributed by atoms with E-state index in [1.807, 2.05) is 13.0 Å². The van der Waals surface area contributed by atoms with Gasteiger partial charge in [0.1, 0.15) is 0 Å². The van der Waals surface area contributed by atoms with Crippen LogP contribution in [0.15, 0.2) is 0 Å². The topological polar surface area (TPSA) is 53.2 Å². The molecule has 58 valence electrons. The Labute approximate surface area is 61.2 Å². The highest BCUT2D eigenvalue weighted by Gasteiger charge is 2.04. The molecule has 0 aromatic carbocycles. The van der Waals surface area contributed by atoms with Crippen LogP contribution in [0, 0.1) is 11.3 Å². The minimum Gasteiger partial charge on any atom is -0.394 e. The van der Waals surface area contributed by atoms with Crippen LogP contribution in [0.1, 0.15) is 19.8 Å². The minimum absolute atomic E-state index is 0.00944. The van der Waals surface area contributed by atoms with Gasteiger partial charge in [-0.3, -0.25) is 0 Å². The van der Waals surface area contributed by atoms with Gasteiger partial charge < -0.3 is 9.84 Å². The van der Waals surface area contributed by atoms with Crippen molar-refractivity contribution in [3.63, 3.8) is 0 Å². The first-order valence-corrected chi connectivity index (χ1v) is 3.44. The van der Waals surface area contributed by atoms with Gasteiger partial charge >= 0.3 is 0 Å². The third-order valence-electron chi connectivity index (χ3n) is 1.18. The zero-order chi connectivity index (χ0) is 7.82. The lowest BCUT2D eigenvalue weighted by Gasteiger charge is -2.10. The number of nitriles is 1. The van der Waals surface area contributed by atoms with Crippen LogP contribution in [0.5, 0.6) is 0 Å². The largest absolute Gasteiger partial charge is 0.394 e. The van der Waals surface area contributed by atoms with Crippen LogP contribution in [0.25, 0.3) is 0 Å². The number of nitrogens with zero attached hydrogens (tertiary/aromatic N) is 1. The van der Waals surface area contributed by atoms with Crippen LogP contribution < -0.4 is 0 Å². The summed E-state index contributed by atoms with van der Waals surface area (Å²) in [5, 5.41) is 16.8. The molecule has 0 aliphatic rings. The lowest BCUT2D eigenvalue weighted by molar-refractivity contribution is 0.0160. The molecule has 0 fully saturated rings. The first-order valence-electron chi connectivity index (χ1n) is 3.44. The van der Waals surface area contributed by atoms with Crippen LogP contribution >= 0.6 is 0 Å². The molecule has 1 N–H and O–H groups in total. The zero-order valence-corrected chi connectivity index (χ0v) is 6.21. The first kappa shape index (κ1) is 9.41. The molecule has 0 saturated heterocycles. The molecule has 10 heavy (non-hydrogen) atoms. The highest BCUT2D eigenvalue weighted by Crippen LogP contribution is 1.99. The summed E-state index contributed by atoms with van der Waals surface area (Å²) in [4.78, 5) is 0. The van der Waals surface area contributed by atoms with E-state index < -0.39 is 0 Å². The van der Waals surface area contributed by atoms with Crippen molar-refractivity contribution in [1.29, 1.82) is 5.26 Å². The Morgan fingerprint density at radius 3 is 2.80 bits per heavy atom. The maximum absolute atomic E-state index is 8.65. The Morgan fingerprint density at radius 2 is 2.40 bits per heavy atom. The molecule has 1 unspecified atom stereocenters. The van der Waals surface area contributed by atoms with Gasteiger partial charge in [-0.05, 0) is 13.3 Å². The minimum atomic E-state index is -0.148. The van der Waals surface area contributed by atoms with E-state index in [1.165, 1.54) is 0 Å². The predicted octanol–water partition coefficient (Wildman–Crippen LogP) is 0.688. The summed E-state index contributed by atoms with van der Waals surface area (Å²) >= 11 is 0. The van der Waals surface area contributed by atoms with E-state index in [9.17, 15) is 0 Å². The molecule has 0 radical (unpaired) electrons. The second kappa shape index (κ2) is 6.53. The van der Waals surface area contributed by atoms with Crippen molar-refractivity contribution in [3.05, 3.63) is 0 Å². The molecule has 0 aromatic heterocycles. The quantitative estimate of drug-likeness (QED) is 0.616. The number of hydrogen-bond acceptors (Lipinski definition) is 3. The van der Waals surface area contributed by atoms with E-state index in [1.54, 1.807) is 0 Å². The van der Waals surface area contributed by atoms with Crippen molar-refractivity contribution >= 4 is 0 Å². The average Bonchev–Trinajstić information content (AvgIpc) is 1.98. The third-order valence-corrected chi connectivity index (χ3v) is 1.18. The van der Waals surface area contributed by atoms with Crippen molar-refractivity contribution in [1.82, 2.24) is 0 Å². The zero-order valence-electron chi connectivity index (χ0n) is 6.21. The molecule has 0 spiro atoms. The van der Waals surface area contributed by atoms with Crippen LogP contribution in [0.4, 0.5) is 0 Å². The SMILES string of the molecule is CCOC(CO)CCC#N. The van der Waals surface area contributed by atoms with E-state index in [0.717, 1.165) is 0 Å². The van der Waals surface area contributed by atoms with E-state index in [0.29, 0.717) is 19.4 Å². The number of aliphatic hydroxyl groups excluding tert-OH is 1. The summed E-state index contributed by atoms with van der Waals surface area (Å²) in [6.07, 6.45) is 0.927. The molecule has 0 aromatic rings. The fraction of sp³-hybridized carbons (Fsp3) is 0.857.